The molecule has 0 aromatic heterocycles. The van der Waals surface area contributed by atoms with Crippen LogP contribution in [-0.4, -0.2) is 41.3 Å². The SMILES string of the molecule is NC(=O)C(O)CNCCCCC(N)=NO. The third-order valence-corrected chi connectivity index (χ3v) is 1.83. The van der Waals surface area contributed by atoms with Crippen molar-refractivity contribution in [2.75, 3.05) is 13.1 Å². The fourth-order valence-electron chi connectivity index (χ4n) is 0.945. The third kappa shape index (κ3) is 7.71. The van der Waals surface area contributed by atoms with E-state index in [9.17, 15) is 4.79 Å². The highest BCUT2D eigenvalue weighted by molar-refractivity contribution is 5.79. The molecule has 7 nitrogen and oxygen atoms in total. The zero-order chi connectivity index (χ0) is 11.7. The number of amides is 1. The van der Waals surface area contributed by atoms with Gasteiger partial charge in [0.2, 0.25) is 5.91 Å². The lowest BCUT2D eigenvalue weighted by Crippen LogP contribution is -2.37. The Hall–Kier alpha value is -1.34. The molecule has 0 aromatic carbocycles. The van der Waals surface area contributed by atoms with Crippen LogP contribution in [0.2, 0.25) is 0 Å². The van der Waals surface area contributed by atoms with E-state index in [-0.39, 0.29) is 12.4 Å². The minimum absolute atomic E-state index is 0.152. The third-order valence-electron chi connectivity index (χ3n) is 1.83. The van der Waals surface area contributed by atoms with E-state index in [1.807, 2.05) is 0 Å². The number of nitrogens with one attached hydrogen (secondary N) is 1. The molecule has 0 rings (SSSR count). The molecular formula is C8H18N4O3. The summed E-state index contributed by atoms with van der Waals surface area (Å²) in [6, 6.07) is 0. The number of aliphatic hydroxyl groups is 1. The first-order chi connectivity index (χ1) is 7.07. The number of hydrogen-bond donors (Lipinski definition) is 5. The zero-order valence-corrected chi connectivity index (χ0v) is 8.52. The van der Waals surface area contributed by atoms with Crippen molar-refractivity contribution in [3.8, 4) is 0 Å². The number of oxime groups is 1. The van der Waals surface area contributed by atoms with E-state index in [2.05, 4.69) is 10.5 Å². The molecule has 1 unspecified atom stereocenters. The number of primary amides is 1. The number of rotatable bonds is 8. The molecule has 0 fully saturated rings. The number of carbonyl (C=O) groups is 1. The second-order valence-corrected chi connectivity index (χ2v) is 3.17. The minimum Gasteiger partial charge on any atom is -0.409 e. The molecule has 0 saturated carbocycles. The van der Waals surface area contributed by atoms with Crippen LogP contribution in [0.4, 0.5) is 0 Å². The van der Waals surface area contributed by atoms with Crippen LogP contribution in [0, 0.1) is 0 Å². The van der Waals surface area contributed by atoms with Crippen LogP contribution in [0.3, 0.4) is 0 Å². The quantitative estimate of drug-likeness (QED) is 0.109. The van der Waals surface area contributed by atoms with Gasteiger partial charge >= 0.3 is 0 Å². The highest BCUT2D eigenvalue weighted by Crippen LogP contribution is 1.93. The summed E-state index contributed by atoms with van der Waals surface area (Å²) in [5, 5.41) is 22.9. The lowest BCUT2D eigenvalue weighted by Gasteiger charge is -2.07. The fourth-order valence-corrected chi connectivity index (χ4v) is 0.945. The van der Waals surface area contributed by atoms with Crippen molar-refractivity contribution in [3.63, 3.8) is 0 Å². The van der Waals surface area contributed by atoms with E-state index in [0.717, 1.165) is 12.8 Å². The smallest absolute Gasteiger partial charge is 0.247 e. The van der Waals surface area contributed by atoms with Gasteiger partial charge in [0.1, 0.15) is 11.9 Å². The number of carbonyl (C=O) groups excluding carboxylic acids is 1. The van der Waals surface area contributed by atoms with Crippen molar-refractivity contribution in [1.82, 2.24) is 5.32 Å². The summed E-state index contributed by atoms with van der Waals surface area (Å²) in [4.78, 5) is 10.4. The molecule has 7 heteroatoms. The van der Waals surface area contributed by atoms with E-state index >= 15 is 0 Å². The summed E-state index contributed by atoms with van der Waals surface area (Å²) in [5.41, 5.74) is 10.1. The van der Waals surface area contributed by atoms with Gasteiger partial charge < -0.3 is 27.1 Å². The molecule has 0 aromatic rings. The second kappa shape index (κ2) is 8.01. The molecule has 7 N–H and O–H groups in total. The Labute approximate surface area is 88.1 Å². The lowest BCUT2D eigenvalue weighted by atomic mass is 10.2. The van der Waals surface area contributed by atoms with Gasteiger partial charge in [0.25, 0.3) is 0 Å². The summed E-state index contributed by atoms with van der Waals surface area (Å²) >= 11 is 0. The van der Waals surface area contributed by atoms with E-state index in [4.69, 9.17) is 21.8 Å². The van der Waals surface area contributed by atoms with Crippen molar-refractivity contribution < 1.29 is 15.1 Å². The van der Waals surface area contributed by atoms with Gasteiger partial charge in [-0.15, -0.1) is 0 Å². The lowest BCUT2D eigenvalue weighted by molar-refractivity contribution is -0.125. The predicted octanol–water partition coefficient (Wildman–Crippen LogP) is -1.66. The van der Waals surface area contributed by atoms with Gasteiger partial charge in [0, 0.05) is 13.0 Å². The van der Waals surface area contributed by atoms with Crippen LogP contribution in [-0.2, 0) is 4.79 Å². The summed E-state index contributed by atoms with van der Waals surface area (Å²) in [6.45, 7) is 0.794. The monoisotopic (exact) mass is 218 g/mol. The second-order valence-electron chi connectivity index (χ2n) is 3.17. The molecule has 0 aliphatic heterocycles. The van der Waals surface area contributed by atoms with E-state index < -0.39 is 12.0 Å². The standard InChI is InChI=1S/C8H18N4O3/c9-7(12-15)3-1-2-4-11-5-6(13)8(10)14/h6,11,13,15H,1-5H2,(H2,9,12)(H2,10,14). The summed E-state index contributed by atoms with van der Waals surface area (Å²) in [6.07, 6.45) is 0.961. The zero-order valence-electron chi connectivity index (χ0n) is 8.52. The Balaban J connectivity index is 3.29. The Kier molecular flexibility index (Phi) is 7.29. The molecule has 0 spiro atoms. The average Bonchev–Trinajstić information content (AvgIpc) is 2.22. The molecule has 0 radical (unpaired) electrons. The first-order valence-corrected chi connectivity index (χ1v) is 4.72. The van der Waals surface area contributed by atoms with Crippen LogP contribution < -0.4 is 16.8 Å². The maximum absolute atomic E-state index is 10.4. The first-order valence-electron chi connectivity index (χ1n) is 4.72. The van der Waals surface area contributed by atoms with Crippen LogP contribution >= 0.6 is 0 Å². The van der Waals surface area contributed by atoms with Gasteiger partial charge in [-0.3, -0.25) is 4.79 Å². The predicted molar refractivity (Wildman–Crippen MR) is 55.3 cm³/mol. The number of nitrogens with two attached hydrogens (primary N) is 2. The number of nitrogens with zero attached hydrogens (tertiary/aromatic N) is 1. The highest BCUT2D eigenvalue weighted by atomic mass is 16.4. The summed E-state index contributed by atoms with van der Waals surface area (Å²) < 4.78 is 0. The van der Waals surface area contributed by atoms with Crippen molar-refractivity contribution >= 4 is 11.7 Å². The molecule has 1 amide bonds. The minimum atomic E-state index is -1.14. The first kappa shape index (κ1) is 13.7. The van der Waals surface area contributed by atoms with Crippen molar-refractivity contribution in [3.05, 3.63) is 0 Å². The average molecular weight is 218 g/mol. The molecule has 0 aliphatic rings. The van der Waals surface area contributed by atoms with Gasteiger partial charge in [0.15, 0.2) is 0 Å². The van der Waals surface area contributed by atoms with Crippen molar-refractivity contribution in [2.45, 2.75) is 25.4 Å². The topological polar surface area (TPSA) is 134 Å². The van der Waals surface area contributed by atoms with Crippen molar-refractivity contribution in [1.29, 1.82) is 0 Å². The number of hydrogen-bond acceptors (Lipinski definition) is 5. The van der Waals surface area contributed by atoms with E-state index in [1.54, 1.807) is 0 Å². The molecule has 0 bridgehead atoms. The molecule has 1 atom stereocenters. The van der Waals surface area contributed by atoms with Gasteiger partial charge in [0.05, 0.1) is 0 Å². The van der Waals surface area contributed by atoms with Crippen molar-refractivity contribution in [2.24, 2.45) is 16.6 Å². The molecular weight excluding hydrogens is 200 g/mol. The van der Waals surface area contributed by atoms with Gasteiger partial charge in [-0.05, 0) is 19.4 Å². The van der Waals surface area contributed by atoms with Crippen LogP contribution in [0.1, 0.15) is 19.3 Å². The maximum atomic E-state index is 10.4. The summed E-state index contributed by atoms with van der Waals surface area (Å²) in [5.74, 6) is -0.536. The highest BCUT2D eigenvalue weighted by Gasteiger charge is 2.08. The van der Waals surface area contributed by atoms with E-state index in [0.29, 0.717) is 13.0 Å². The fraction of sp³-hybridized carbons (Fsp3) is 0.750. The Bertz CT molecular complexity index is 220. The van der Waals surface area contributed by atoms with Gasteiger partial charge in [-0.1, -0.05) is 5.16 Å². The van der Waals surface area contributed by atoms with Gasteiger partial charge in [-0.25, -0.2) is 0 Å². The summed E-state index contributed by atoms with van der Waals surface area (Å²) in [7, 11) is 0. The maximum Gasteiger partial charge on any atom is 0.247 e. The number of aliphatic hydroxyl groups excluding tert-OH is 1. The molecule has 15 heavy (non-hydrogen) atoms. The largest absolute Gasteiger partial charge is 0.409 e. The molecule has 0 heterocycles. The Morgan fingerprint density at radius 2 is 2.07 bits per heavy atom. The molecule has 0 aliphatic carbocycles. The Morgan fingerprint density at radius 1 is 1.40 bits per heavy atom. The molecule has 88 valence electrons. The normalized spacial score (nSPS) is 13.8. The van der Waals surface area contributed by atoms with Crippen LogP contribution in [0.15, 0.2) is 5.16 Å². The molecule has 0 saturated heterocycles. The van der Waals surface area contributed by atoms with E-state index in [1.165, 1.54) is 0 Å². The van der Waals surface area contributed by atoms with Crippen LogP contribution in [0.25, 0.3) is 0 Å². The number of unbranched alkanes of at least 4 members (excludes halogenated alkanes) is 1. The van der Waals surface area contributed by atoms with Crippen LogP contribution in [0.5, 0.6) is 0 Å². The number of amidine groups is 1. The van der Waals surface area contributed by atoms with Gasteiger partial charge in [-0.2, -0.15) is 0 Å². The Morgan fingerprint density at radius 3 is 2.60 bits per heavy atom.